The molecule has 0 N–H and O–H groups in total. The molecule has 3 rings (SSSR count). The van der Waals surface area contributed by atoms with Gasteiger partial charge < -0.3 is 0 Å². The third kappa shape index (κ3) is 1.61. The zero-order chi connectivity index (χ0) is 10.4. The average Bonchev–Trinajstić information content (AvgIpc) is 3.00. The van der Waals surface area contributed by atoms with Gasteiger partial charge in [0.15, 0.2) is 0 Å². The van der Waals surface area contributed by atoms with Crippen LogP contribution in [-0.2, 0) is 0 Å². The largest absolute Gasteiger partial charge is 0.253 e. The van der Waals surface area contributed by atoms with Gasteiger partial charge in [0.25, 0.3) is 0 Å². The van der Waals surface area contributed by atoms with Gasteiger partial charge in [-0.3, -0.25) is 4.98 Å². The van der Waals surface area contributed by atoms with Crippen molar-refractivity contribution in [1.82, 2.24) is 4.98 Å². The van der Waals surface area contributed by atoms with E-state index in [2.05, 4.69) is 23.2 Å². The Morgan fingerprint density at radius 3 is 2.80 bits per heavy atom. The molecular weight excluding hydrogens is 206 g/mol. The quantitative estimate of drug-likeness (QED) is 0.702. The SMILES string of the molecule is Cc1cc(Cl)c2cc(C3CC3)ccc2n1. The Bertz CT molecular complexity index is 529. The topological polar surface area (TPSA) is 12.9 Å². The molecule has 1 saturated carbocycles. The predicted octanol–water partition coefficient (Wildman–Crippen LogP) is 4.07. The van der Waals surface area contributed by atoms with Gasteiger partial charge in [-0.1, -0.05) is 17.7 Å². The van der Waals surface area contributed by atoms with E-state index in [0.29, 0.717) is 0 Å². The Hall–Kier alpha value is -1.08. The second-order valence-electron chi connectivity index (χ2n) is 4.30. The summed E-state index contributed by atoms with van der Waals surface area (Å²) >= 11 is 6.22. The standard InChI is InChI=1S/C13H12ClN/c1-8-6-12(14)11-7-10(9-2-3-9)4-5-13(11)15-8/h4-7,9H,2-3H2,1H3. The van der Waals surface area contributed by atoms with E-state index in [1.54, 1.807) is 0 Å². The summed E-state index contributed by atoms with van der Waals surface area (Å²) in [5.41, 5.74) is 3.39. The van der Waals surface area contributed by atoms with Crippen LogP contribution in [0.25, 0.3) is 10.9 Å². The van der Waals surface area contributed by atoms with E-state index >= 15 is 0 Å². The second kappa shape index (κ2) is 3.21. The van der Waals surface area contributed by atoms with E-state index in [4.69, 9.17) is 11.6 Å². The van der Waals surface area contributed by atoms with Gasteiger partial charge in [0.2, 0.25) is 0 Å². The molecule has 1 fully saturated rings. The number of aromatic nitrogens is 1. The van der Waals surface area contributed by atoms with Crippen molar-refractivity contribution in [3.8, 4) is 0 Å². The molecule has 1 aliphatic carbocycles. The number of nitrogens with zero attached hydrogens (tertiary/aromatic N) is 1. The number of pyridine rings is 1. The van der Waals surface area contributed by atoms with E-state index in [0.717, 1.165) is 27.5 Å². The number of hydrogen-bond acceptors (Lipinski definition) is 1. The molecule has 0 unspecified atom stereocenters. The number of hydrogen-bond donors (Lipinski definition) is 0. The van der Waals surface area contributed by atoms with Crippen molar-refractivity contribution in [2.45, 2.75) is 25.7 Å². The fraction of sp³-hybridized carbons (Fsp3) is 0.308. The minimum Gasteiger partial charge on any atom is -0.253 e. The molecule has 0 amide bonds. The lowest BCUT2D eigenvalue weighted by molar-refractivity contribution is 1.13. The fourth-order valence-electron chi connectivity index (χ4n) is 2.00. The second-order valence-corrected chi connectivity index (χ2v) is 4.70. The van der Waals surface area contributed by atoms with Gasteiger partial charge in [0, 0.05) is 11.1 Å². The summed E-state index contributed by atoms with van der Waals surface area (Å²) in [6, 6.07) is 8.40. The first-order valence-electron chi connectivity index (χ1n) is 5.31. The molecule has 1 nitrogen and oxygen atoms in total. The van der Waals surface area contributed by atoms with Gasteiger partial charge in [0.1, 0.15) is 0 Å². The lowest BCUT2D eigenvalue weighted by Gasteiger charge is -2.04. The van der Waals surface area contributed by atoms with Gasteiger partial charge in [-0.15, -0.1) is 0 Å². The summed E-state index contributed by atoms with van der Waals surface area (Å²) < 4.78 is 0. The zero-order valence-corrected chi connectivity index (χ0v) is 9.38. The van der Waals surface area contributed by atoms with Crippen molar-refractivity contribution in [1.29, 1.82) is 0 Å². The Kier molecular flexibility index (Phi) is 1.96. The van der Waals surface area contributed by atoms with Gasteiger partial charge in [-0.25, -0.2) is 0 Å². The maximum atomic E-state index is 6.22. The fourth-order valence-corrected chi connectivity index (χ4v) is 2.31. The number of halogens is 1. The molecule has 0 radical (unpaired) electrons. The van der Waals surface area contributed by atoms with Crippen molar-refractivity contribution >= 4 is 22.5 Å². The van der Waals surface area contributed by atoms with Crippen molar-refractivity contribution in [2.24, 2.45) is 0 Å². The van der Waals surface area contributed by atoms with E-state index in [9.17, 15) is 0 Å². The molecule has 2 heteroatoms. The van der Waals surface area contributed by atoms with Crippen molar-refractivity contribution < 1.29 is 0 Å². The predicted molar refractivity (Wildman–Crippen MR) is 63.5 cm³/mol. The summed E-state index contributed by atoms with van der Waals surface area (Å²) in [6.07, 6.45) is 2.64. The highest BCUT2D eigenvalue weighted by Gasteiger charge is 2.23. The van der Waals surface area contributed by atoms with E-state index in [-0.39, 0.29) is 0 Å². The van der Waals surface area contributed by atoms with Gasteiger partial charge in [-0.2, -0.15) is 0 Å². The first kappa shape index (κ1) is 9.17. The molecule has 0 spiro atoms. The minimum atomic E-state index is 0.770. The first-order chi connectivity index (χ1) is 7.24. The number of aryl methyl sites for hydroxylation is 1. The highest BCUT2D eigenvalue weighted by molar-refractivity contribution is 6.35. The third-order valence-electron chi connectivity index (χ3n) is 2.96. The highest BCUT2D eigenvalue weighted by atomic mass is 35.5. The van der Waals surface area contributed by atoms with Crippen molar-refractivity contribution in [3.05, 3.63) is 40.5 Å². The lowest BCUT2D eigenvalue weighted by Crippen LogP contribution is -1.87. The van der Waals surface area contributed by atoms with Crippen LogP contribution in [0.2, 0.25) is 5.02 Å². The van der Waals surface area contributed by atoms with Crippen LogP contribution in [0.15, 0.2) is 24.3 Å². The highest BCUT2D eigenvalue weighted by Crippen LogP contribution is 2.41. The summed E-state index contributed by atoms with van der Waals surface area (Å²) in [5, 5.41) is 1.91. The maximum absolute atomic E-state index is 6.22. The third-order valence-corrected chi connectivity index (χ3v) is 3.27. The smallest absolute Gasteiger partial charge is 0.0720 e. The Morgan fingerprint density at radius 2 is 2.07 bits per heavy atom. The lowest BCUT2D eigenvalue weighted by atomic mass is 10.1. The van der Waals surface area contributed by atoms with Gasteiger partial charge in [0.05, 0.1) is 10.5 Å². The molecule has 0 aliphatic heterocycles. The number of benzene rings is 1. The van der Waals surface area contributed by atoms with Crippen LogP contribution < -0.4 is 0 Å². The molecule has 1 heterocycles. The van der Waals surface area contributed by atoms with Crippen LogP contribution in [0, 0.1) is 6.92 Å². The Morgan fingerprint density at radius 1 is 1.27 bits per heavy atom. The maximum Gasteiger partial charge on any atom is 0.0720 e. The van der Waals surface area contributed by atoms with Gasteiger partial charge >= 0.3 is 0 Å². The summed E-state index contributed by atoms with van der Waals surface area (Å²) in [4.78, 5) is 4.47. The van der Waals surface area contributed by atoms with Crippen molar-refractivity contribution in [2.75, 3.05) is 0 Å². The first-order valence-corrected chi connectivity index (χ1v) is 5.68. The molecule has 0 saturated heterocycles. The summed E-state index contributed by atoms with van der Waals surface area (Å²) in [5.74, 6) is 0.770. The van der Waals surface area contributed by atoms with Crippen LogP contribution >= 0.6 is 11.6 Å². The van der Waals surface area contributed by atoms with Gasteiger partial charge in [-0.05, 0) is 49.4 Å². The Labute approximate surface area is 94.1 Å². The normalized spacial score (nSPS) is 15.9. The van der Waals surface area contributed by atoms with Crippen LogP contribution in [0.5, 0.6) is 0 Å². The van der Waals surface area contributed by atoms with Crippen LogP contribution in [-0.4, -0.2) is 4.98 Å². The molecule has 2 aromatic rings. The number of rotatable bonds is 1. The van der Waals surface area contributed by atoms with Crippen LogP contribution in [0.4, 0.5) is 0 Å². The minimum absolute atomic E-state index is 0.770. The molecule has 0 bridgehead atoms. The average molecular weight is 218 g/mol. The van der Waals surface area contributed by atoms with E-state index in [1.165, 1.54) is 18.4 Å². The molecule has 1 aliphatic rings. The van der Waals surface area contributed by atoms with E-state index in [1.807, 2.05) is 13.0 Å². The Balaban J connectivity index is 2.25. The molecular formula is C13H12ClN. The summed E-state index contributed by atoms with van der Waals surface area (Å²) in [7, 11) is 0. The molecule has 15 heavy (non-hydrogen) atoms. The molecule has 1 aromatic heterocycles. The van der Waals surface area contributed by atoms with Crippen LogP contribution in [0.1, 0.15) is 30.0 Å². The number of fused-ring (bicyclic) bond motifs is 1. The molecule has 76 valence electrons. The monoisotopic (exact) mass is 217 g/mol. The molecule has 1 aromatic carbocycles. The molecule has 0 atom stereocenters. The zero-order valence-electron chi connectivity index (χ0n) is 8.63. The van der Waals surface area contributed by atoms with Crippen molar-refractivity contribution in [3.63, 3.8) is 0 Å². The van der Waals surface area contributed by atoms with E-state index < -0.39 is 0 Å². The van der Waals surface area contributed by atoms with Crippen LogP contribution in [0.3, 0.4) is 0 Å². The summed E-state index contributed by atoms with van der Waals surface area (Å²) in [6.45, 7) is 1.97.